The van der Waals surface area contributed by atoms with Crippen LogP contribution in [-0.4, -0.2) is 14.5 Å². The molecule has 7 nitrogen and oxygen atoms in total. The predicted molar refractivity (Wildman–Crippen MR) is 94.1 cm³/mol. The molecule has 0 unspecified atom stereocenters. The zero-order chi connectivity index (χ0) is 17.9. The average Bonchev–Trinajstić information content (AvgIpc) is 3.33. The fourth-order valence-electron chi connectivity index (χ4n) is 2.59. The summed E-state index contributed by atoms with van der Waals surface area (Å²) in [6.07, 6.45) is 3.34. The number of furan rings is 1. The van der Waals surface area contributed by atoms with E-state index >= 15 is 0 Å². The van der Waals surface area contributed by atoms with E-state index in [1.807, 2.05) is 0 Å². The molecule has 7 heteroatoms. The molecule has 0 saturated carbocycles. The summed E-state index contributed by atoms with van der Waals surface area (Å²) in [6, 6.07) is 16.1. The maximum absolute atomic E-state index is 9.33. The standard InChI is InChI=1S/C19H13N5O2/c20-11-13-3-1-4-15(9-13)22-23-19-18(16-5-2-8-26-16)21-17-10-14(12-25)6-7-24(17)19/h1-10,25H,12H2. The molecule has 0 aliphatic rings. The summed E-state index contributed by atoms with van der Waals surface area (Å²) in [5.74, 6) is 1.07. The molecule has 4 rings (SSSR count). The van der Waals surface area contributed by atoms with Crippen LogP contribution in [0.1, 0.15) is 11.1 Å². The van der Waals surface area contributed by atoms with Crippen molar-refractivity contribution in [2.45, 2.75) is 6.61 Å². The Morgan fingerprint density at radius 2 is 2.08 bits per heavy atom. The molecule has 126 valence electrons. The second-order valence-corrected chi connectivity index (χ2v) is 5.54. The van der Waals surface area contributed by atoms with E-state index in [9.17, 15) is 5.11 Å². The van der Waals surface area contributed by atoms with Gasteiger partial charge in [-0.1, -0.05) is 6.07 Å². The first-order valence-corrected chi connectivity index (χ1v) is 7.86. The smallest absolute Gasteiger partial charge is 0.190 e. The molecule has 0 radical (unpaired) electrons. The SMILES string of the molecule is N#Cc1cccc(N=Nc2c(-c3ccco3)nc3cc(CO)ccn23)c1. The zero-order valence-corrected chi connectivity index (χ0v) is 13.6. The highest BCUT2D eigenvalue weighted by Gasteiger charge is 2.16. The first kappa shape index (κ1) is 15.7. The van der Waals surface area contributed by atoms with Crippen LogP contribution in [0, 0.1) is 11.3 Å². The molecule has 3 heterocycles. The highest BCUT2D eigenvalue weighted by molar-refractivity contribution is 5.71. The van der Waals surface area contributed by atoms with Crippen LogP contribution in [0.2, 0.25) is 0 Å². The first-order chi connectivity index (χ1) is 12.8. The van der Waals surface area contributed by atoms with Crippen LogP contribution < -0.4 is 0 Å². The molecular formula is C19H13N5O2. The van der Waals surface area contributed by atoms with Crippen molar-refractivity contribution < 1.29 is 9.52 Å². The van der Waals surface area contributed by atoms with Gasteiger partial charge in [0.05, 0.1) is 30.2 Å². The van der Waals surface area contributed by atoms with E-state index in [1.165, 1.54) is 0 Å². The normalized spacial score (nSPS) is 11.2. The van der Waals surface area contributed by atoms with Crippen LogP contribution >= 0.6 is 0 Å². The van der Waals surface area contributed by atoms with Gasteiger partial charge in [-0.15, -0.1) is 10.2 Å². The lowest BCUT2D eigenvalue weighted by atomic mass is 10.2. The van der Waals surface area contributed by atoms with Crippen LogP contribution in [-0.2, 0) is 6.61 Å². The Morgan fingerprint density at radius 3 is 2.85 bits per heavy atom. The van der Waals surface area contributed by atoms with Gasteiger partial charge in [0.25, 0.3) is 0 Å². The lowest BCUT2D eigenvalue weighted by Crippen LogP contribution is -1.88. The number of benzene rings is 1. The molecular weight excluding hydrogens is 330 g/mol. The molecule has 1 aromatic carbocycles. The number of aliphatic hydroxyl groups excluding tert-OH is 1. The quantitative estimate of drug-likeness (QED) is 0.556. The highest BCUT2D eigenvalue weighted by atomic mass is 16.3. The molecule has 1 N–H and O–H groups in total. The van der Waals surface area contributed by atoms with Crippen molar-refractivity contribution in [3.63, 3.8) is 0 Å². The number of rotatable bonds is 4. The van der Waals surface area contributed by atoms with Crippen LogP contribution in [0.15, 0.2) is 75.6 Å². The van der Waals surface area contributed by atoms with Gasteiger partial charge in [-0.3, -0.25) is 4.40 Å². The van der Waals surface area contributed by atoms with Crippen molar-refractivity contribution in [3.8, 4) is 17.5 Å². The van der Waals surface area contributed by atoms with Crippen molar-refractivity contribution in [3.05, 3.63) is 72.1 Å². The minimum atomic E-state index is -0.0722. The van der Waals surface area contributed by atoms with Crippen LogP contribution in [0.3, 0.4) is 0 Å². The number of pyridine rings is 1. The van der Waals surface area contributed by atoms with E-state index in [4.69, 9.17) is 9.68 Å². The lowest BCUT2D eigenvalue weighted by molar-refractivity contribution is 0.282. The number of imidazole rings is 1. The Hall–Kier alpha value is -3.76. The van der Waals surface area contributed by atoms with Crippen LogP contribution in [0.4, 0.5) is 11.5 Å². The Bertz CT molecular complexity index is 1140. The molecule has 0 fully saturated rings. The summed E-state index contributed by atoms with van der Waals surface area (Å²) in [7, 11) is 0. The van der Waals surface area contributed by atoms with Gasteiger partial charge in [0.1, 0.15) is 5.65 Å². The average molecular weight is 343 g/mol. The fraction of sp³-hybridized carbons (Fsp3) is 0.0526. The summed E-state index contributed by atoms with van der Waals surface area (Å²) < 4.78 is 7.24. The summed E-state index contributed by atoms with van der Waals surface area (Å²) in [4.78, 5) is 4.56. The number of aromatic nitrogens is 2. The number of aliphatic hydroxyl groups is 1. The van der Waals surface area contributed by atoms with Gasteiger partial charge < -0.3 is 9.52 Å². The third kappa shape index (κ3) is 2.85. The van der Waals surface area contributed by atoms with E-state index in [1.54, 1.807) is 65.4 Å². The molecule has 3 aromatic heterocycles. The van der Waals surface area contributed by atoms with Crippen molar-refractivity contribution in [1.82, 2.24) is 9.38 Å². The molecule has 0 atom stereocenters. The minimum Gasteiger partial charge on any atom is -0.463 e. The van der Waals surface area contributed by atoms with Crippen molar-refractivity contribution >= 4 is 17.2 Å². The topological polar surface area (TPSA) is 99.2 Å². The summed E-state index contributed by atoms with van der Waals surface area (Å²) in [5.41, 5.74) is 3.00. The third-order valence-electron chi connectivity index (χ3n) is 3.84. The lowest BCUT2D eigenvalue weighted by Gasteiger charge is -1.99. The zero-order valence-electron chi connectivity index (χ0n) is 13.6. The number of nitrogens with zero attached hydrogens (tertiary/aromatic N) is 5. The maximum Gasteiger partial charge on any atom is 0.190 e. The Kier molecular flexibility index (Phi) is 4.01. The maximum atomic E-state index is 9.33. The van der Waals surface area contributed by atoms with E-state index in [0.717, 1.165) is 5.56 Å². The number of azo groups is 1. The predicted octanol–water partition coefficient (Wildman–Crippen LogP) is 4.37. The number of hydrogen-bond acceptors (Lipinski definition) is 6. The van der Waals surface area contributed by atoms with Gasteiger partial charge in [-0.05, 0) is 48.0 Å². The van der Waals surface area contributed by atoms with E-state index in [-0.39, 0.29) is 6.61 Å². The van der Waals surface area contributed by atoms with Crippen molar-refractivity contribution in [2.24, 2.45) is 10.2 Å². The van der Waals surface area contributed by atoms with Gasteiger partial charge in [-0.2, -0.15) is 5.26 Å². The van der Waals surface area contributed by atoms with Gasteiger partial charge in [-0.25, -0.2) is 4.98 Å². The number of hydrogen-bond donors (Lipinski definition) is 1. The Balaban J connectivity index is 1.85. The fourth-order valence-corrected chi connectivity index (χ4v) is 2.59. The highest BCUT2D eigenvalue weighted by Crippen LogP contribution is 2.32. The second-order valence-electron chi connectivity index (χ2n) is 5.54. The minimum absolute atomic E-state index is 0.0722. The molecule has 4 aromatic rings. The van der Waals surface area contributed by atoms with Crippen LogP contribution in [0.5, 0.6) is 0 Å². The molecule has 26 heavy (non-hydrogen) atoms. The van der Waals surface area contributed by atoms with Gasteiger partial charge >= 0.3 is 0 Å². The summed E-state index contributed by atoms with van der Waals surface area (Å²) >= 11 is 0. The summed E-state index contributed by atoms with van der Waals surface area (Å²) in [6.45, 7) is -0.0722. The summed E-state index contributed by atoms with van der Waals surface area (Å²) in [5, 5.41) is 26.9. The number of nitriles is 1. The third-order valence-corrected chi connectivity index (χ3v) is 3.84. The van der Waals surface area contributed by atoms with Crippen molar-refractivity contribution in [2.75, 3.05) is 0 Å². The monoisotopic (exact) mass is 343 g/mol. The van der Waals surface area contributed by atoms with Gasteiger partial charge in [0, 0.05) is 6.20 Å². The molecule has 0 saturated heterocycles. The van der Waals surface area contributed by atoms with Crippen molar-refractivity contribution in [1.29, 1.82) is 5.26 Å². The van der Waals surface area contributed by atoms with Crippen LogP contribution in [0.25, 0.3) is 17.1 Å². The second kappa shape index (κ2) is 6.63. The number of fused-ring (bicyclic) bond motifs is 1. The Morgan fingerprint density at radius 1 is 1.15 bits per heavy atom. The first-order valence-electron chi connectivity index (χ1n) is 7.86. The molecule has 0 spiro atoms. The van der Waals surface area contributed by atoms with Gasteiger partial charge in [0.15, 0.2) is 17.3 Å². The molecule has 0 aliphatic carbocycles. The Labute approximate surface area is 148 Å². The van der Waals surface area contributed by atoms with Gasteiger partial charge in [0.2, 0.25) is 0 Å². The molecule has 0 bridgehead atoms. The van der Waals surface area contributed by atoms with E-state index in [0.29, 0.717) is 34.2 Å². The molecule has 0 aliphatic heterocycles. The van der Waals surface area contributed by atoms with E-state index < -0.39 is 0 Å². The largest absolute Gasteiger partial charge is 0.463 e. The molecule has 0 amide bonds. The van der Waals surface area contributed by atoms with E-state index in [2.05, 4.69) is 21.3 Å².